The van der Waals surface area contributed by atoms with Gasteiger partial charge in [0.15, 0.2) is 5.58 Å². The average Bonchev–Trinajstić information content (AvgIpc) is 3.26. The molecule has 35 heavy (non-hydrogen) atoms. The van der Waals surface area contributed by atoms with E-state index in [0.29, 0.717) is 12.1 Å². The molecule has 1 aliphatic rings. The van der Waals surface area contributed by atoms with Crippen molar-refractivity contribution in [2.45, 2.75) is 13.8 Å². The van der Waals surface area contributed by atoms with Gasteiger partial charge in [-0.05, 0) is 55.5 Å². The fraction of sp³-hybridized carbons (Fsp3) is 0.385. The van der Waals surface area contributed by atoms with Gasteiger partial charge in [-0.3, -0.25) is 9.88 Å². The van der Waals surface area contributed by atoms with Crippen LogP contribution in [0.3, 0.4) is 0 Å². The van der Waals surface area contributed by atoms with Crippen LogP contribution >= 0.6 is 0 Å². The van der Waals surface area contributed by atoms with Crippen molar-refractivity contribution in [2.75, 3.05) is 63.5 Å². The smallest absolute Gasteiger partial charge is 0.292 e. The summed E-state index contributed by atoms with van der Waals surface area (Å²) in [4.78, 5) is 30.3. The molecule has 184 valence electrons. The highest BCUT2D eigenvalue weighted by atomic mass is 16.4. The molecule has 5 rings (SSSR count). The van der Waals surface area contributed by atoms with Crippen LogP contribution in [0.15, 0.2) is 47.0 Å². The molecule has 0 aliphatic carbocycles. The lowest BCUT2D eigenvalue weighted by Gasteiger charge is -2.33. The minimum atomic E-state index is 0.184. The molecule has 0 saturated carbocycles. The van der Waals surface area contributed by atoms with Crippen LogP contribution in [0.1, 0.15) is 13.8 Å². The molecular formula is C26H33N7O2. The van der Waals surface area contributed by atoms with Gasteiger partial charge in [-0.25, -0.2) is 4.98 Å². The summed E-state index contributed by atoms with van der Waals surface area (Å²) in [6, 6.07) is 12.2. The molecule has 0 atom stereocenters. The summed E-state index contributed by atoms with van der Waals surface area (Å²) in [5.74, 6) is 0.937. The Morgan fingerprint density at radius 2 is 1.66 bits per heavy atom. The number of carbonyl (C=O) groups excluding carboxylic acids is 1. The Bertz CT molecular complexity index is 1280. The van der Waals surface area contributed by atoms with Gasteiger partial charge in [-0.1, -0.05) is 26.0 Å². The second kappa shape index (κ2) is 11.2. The number of anilines is 2. The van der Waals surface area contributed by atoms with Crippen molar-refractivity contribution in [1.82, 2.24) is 24.8 Å². The van der Waals surface area contributed by atoms with Crippen molar-refractivity contribution in [3.63, 3.8) is 0 Å². The third kappa shape index (κ3) is 5.93. The number of nitrogens with two attached hydrogens (primary N) is 1. The van der Waals surface area contributed by atoms with Crippen molar-refractivity contribution in [1.29, 1.82) is 0 Å². The van der Waals surface area contributed by atoms with Gasteiger partial charge in [0.1, 0.15) is 17.6 Å². The number of fused-ring (bicyclic) bond motifs is 2. The molecule has 3 heterocycles. The molecule has 0 amide bonds. The molecule has 0 bridgehead atoms. The maximum absolute atomic E-state index is 9.89. The topological polar surface area (TPSA) is 105 Å². The molecule has 4 aromatic rings. The third-order valence-corrected chi connectivity index (χ3v) is 6.32. The van der Waals surface area contributed by atoms with Gasteiger partial charge >= 0.3 is 0 Å². The maximum Gasteiger partial charge on any atom is 0.292 e. The highest BCUT2D eigenvalue weighted by Crippen LogP contribution is 2.28. The van der Waals surface area contributed by atoms with Crippen molar-refractivity contribution < 1.29 is 9.21 Å². The van der Waals surface area contributed by atoms with Crippen LogP contribution in [0.2, 0.25) is 0 Å². The van der Waals surface area contributed by atoms with E-state index < -0.39 is 0 Å². The number of aromatic nitrogens is 3. The number of likely N-dealkylation sites (N-methyl/N-ethyl adjacent to an activating group) is 2. The lowest BCUT2D eigenvalue weighted by Crippen LogP contribution is -2.44. The predicted molar refractivity (Wildman–Crippen MR) is 141 cm³/mol. The number of benzene rings is 2. The Kier molecular flexibility index (Phi) is 7.89. The molecular weight excluding hydrogens is 442 g/mol. The summed E-state index contributed by atoms with van der Waals surface area (Å²) < 4.78 is 5.35. The fourth-order valence-electron chi connectivity index (χ4n) is 4.08. The minimum Gasteiger partial charge on any atom is -0.424 e. The van der Waals surface area contributed by atoms with Gasteiger partial charge in [0.2, 0.25) is 0 Å². The van der Waals surface area contributed by atoms with Crippen molar-refractivity contribution in [3.8, 4) is 11.1 Å². The number of nitrogen functional groups attached to an aromatic ring is 1. The SMILES string of the molecule is CCN(CC)CC=O.CN1CCN(c2cnc3ccc(-c4ccc5oc(N)nc5c4)cc3n2)CC1. The standard InChI is InChI=1S/C20H20N6O.C6H13NO/c1-25-6-8-26(9-7-25)19-12-22-15-4-2-13(10-16(15)23-19)14-3-5-18-17(11-14)24-20(21)27-18;1-3-7(4-2)5-6-8/h2-5,10-12H,6-9H2,1H3,(H2,21,24);6H,3-5H2,1-2H3. The van der Waals surface area contributed by atoms with Crippen LogP contribution in [0, 0.1) is 0 Å². The zero-order valence-electron chi connectivity index (χ0n) is 20.6. The number of hydrogen-bond donors (Lipinski definition) is 1. The van der Waals surface area contributed by atoms with Gasteiger partial charge in [-0.15, -0.1) is 0 Å². The molecule has 2 aromatic carbocycles. The molecule has 2 N–H and O–H groups in total. The Hall–Kier alpha value is -3.56. The van der Waals surface area contributed by atoms with Crippen LogP contribution in [0.25, 0.3) is 33.3 Å². The van der Waals surface area contributed by atoms with Gasteiger partial charge in [-0.2, -0.15) is 4.98 Å². The number of nitrogens with zero attached hydrogens (tertiary/aromatic N) is 6. The van der Waals surface area contributed by atoms with Crippen LogP contribution in [0.5, 0.6) is 0 Å². The number of aldehydes is 1. The first-order valence-electron chi connectivity index (χ1n) is 12.0. The Balaban J connectivity index is 0.000000314. The van der Waals surface area contributed by atoms with E-state index in [4.69, 9.17) is 15.1 Å². The lowest BCUT2D eigenvalue weighted by molar-refractivity contribution is -0.108. The van der Waals surface area contributed by atoms with E-state index in [1.807, 2.05) is 44.3 Å². The van der Waals surface area contributed by atoms with E-state index in [1.54, 1.807) is 0 Å². The minimum absolute atomic E-state index is 0.184. The van der Waals surface area contributed by atoms with Gasteiger partial charge in [0.05, 0.1) is 23.8 Å². The number of rotatable bonds is 6. The Morgan fingerprint density at radius 1 is 0.971 bits per heavy atom. The highest BCUT2D eigenvalue weighted by molar-refractivity contribution is 5.86. The molecule has 0 spiro atoms. The van der Waals surface area contributed by atoms with Crippen LogP contribution in [0.4, 0.5) is 11.8 Å². The maximum atomic E-state index is 9.89. The van der Waals surface area contributed by atoms with Gasteiger partial charge in [0.25, 0.3) is 6.01 Å². The summed E-state index contributed by atoms with van der Waals surface area (Å²) in [6.45, 7) is 10.6. The predicted octanol–water partition coefficient (Wildman–Crippen LogP) is 3.30. The zero-order chi connectivity index (χ0) is 24.8. The molecule has 9 heteroatoms. The van der Waals surface area contributed by atoms with Crippen molar-refractivity contribution in [3.05, 3.63) is 42.6 Å². The Labute approximate surface area is 205 Å². The quantitative estimate of drug-likeness (QED) is 0.421. The summed E-state index contributed by atoms with van der Waals surface area (Å²) in [7, 11) is 2.15. The number of carbonyl (C=O) groups is 1. The molecule has 0 unspecified atom stereocenters. The first-order chi connectivity index (χ1) is 17.0. The first-order valence-corrected chi connectivity index (χ1v) is 12.0. The fourth-order valence-corrected chi connectivity index (χ4v) is 4.08. The first kappa shape index (κ1) is 24.6. The number of piperazine rings is 1. The number of oxazole rings is 1. The summed E-state index contributed by atoms with van der Waals surface area (Å²) in [5.41, 5.74) is 11.0. The van der Waals surface area contributed by atoms with Crippen LogP contribution < -0.4 is 10.6 Å². The summed E-state index contributed by atoms with van der Waals surface area (Å²) in [6.07, 6.45) is 2.81. The molecule has 1 fully saturated rings. The zero-order valence-corrected chi connectivity index (χ0v) is 20.6. The summed E-state index contributed by atoms with van der Waals surface area (Å²) in [5, 5.41) is 0. The molecule has 1 saturated heterocycles. The monoisotopic (exact) mass is 475 g/mol. The normalized spacial score (nSPS) is 14.3. The number of hydrogen-bond acceptors (Lipinski definition) is 9. The molecule has 0 radical (unpaired) electrons. The van der Waals surface area contributed by atoms with E-state index in [0.717, 1.165) is 79.0 Å². The second-order valence-corrected chi connectivity index (χ2v) is 8.61. The third-order valence-electron chi connectivity index (χ3n) is 6.32. The van der Waals surface area contributed by atoms with Crippen molar-refractivity contribution in [2.24, 2.45) is 0 Å². The molecule has 9 nitrogen and oxygen atoms in total. The van der Waals surface area contributed by atoms with E-state index >= 15 is 0 Å². The van der Waals surface area contributed by atoms with Gasteiger partial charge < -0.3 is 24.7 Å². The molecule has 1 aliphatic heterocycles. The van der Waals surface area contributed by atoms with Crippen LogP contribution in [-0.2, 0) is 4.79 Å². The average molecular weight is 476 g/mol. The Morgan fingerprint density at radius 3 is 2.31 bits per heavy atom. The second-order valence-electron chi connectivity index (χ2n) is 8.61. The lowest BCUT2D eigenvalue weighted by atomic mass is 10.0. The van der Waals surface area contributed by atoms with Crippen LogP contribution in [-0.4, -0.2) is 83.9 Å². The van der Waals surface area contributed by atoms with E-state index in [-0.39, 0.29) is 6.01 Å². The largest absolute Gasteiger partial charge is 0.424 e. The highest BCUT2D eigenvalue weighted by Gasteiger charge is 2.16. The summed E-state index contributed by atoms with van der Waals surface area (Å²) >= 11 is 0. The molecule has 2 aromatic heterocycles. The van der Waals surface area contributed by atoms with Crippen molar-refractivity contribution >= 4 is 40.3 Å². The van der Waals surface area contributed by atoms with E-state index in [2.05, 4.69) is 43.8 Å². The van der Waals surface area contributed by atoms with E-state index in [9.17, 15) is 4.79 Å². The van der Waals surface area contributed by atoms with Gasteiger partial charge in [0, 0.05) is 26.2 Å². The van der Waals surface area contributed by atoms with E-state index in [1.165, 1.54) is 0 Å².